The SMILES string of the molecule is CC(=O)Nc1ccc(Sc2cc3nc(CN(C)C)cn3c(Nc3cc(C4CC4)[nH]n3)n2)cc1. The lowest BCUT2D eigenvalue weighted by Crippen LogP contribution is -2.10. The molecule has 0 bridgehead atoms. The minimum absolute atomic E-state index is 0.0886. The Labute approximate surface area is 196 Å². The minimum atomic E-state index is -0.0886. The molecule has 1 aliphatic carbocycles. The highest BCUT2D eigenvalue weighted by molar-refractivity contribution is 7.99. The Hall–Kier alpha value is -3.37. The number of rotatable bonds is 8. The molecule has 0 spiro atoms. The molecule has 3 heterocycles. The lowest BCUT2D eigenvalue weighted by molar-refractivity contribution is -0.114. The van der Waals surface area contributed by atoms with Crippen LogP contribution in [0, 0.1) is 0 Å². The monoisotopic (exact) mass is 462 g/mol. The summed E-state index contributed by atoms with van der Waals surface area (Å²) < 4.78 is 1.97. The molecule has 0 saturated heterocycles. The van der Waals surface area contributed by atoms with E-state index >= 15 is 0 Å². The van der Waals surface area contributed by atoms with E-state index in [1.165, 1.54) is 19.8 Å². The first-order valence-corrected chi connectivity index (χ1v) is 11.7. The molecule has 9 nitrogen and oxygen atoms in total. The van der Waals surface area contributed by atoms with Crippen LogP contribution in [0.1, 0.15) is 37.1 Å². The molecule has 0 radical (unpaired) electrons. The van der Waals surface area contributed by atoms with Crippen molar-refractivity contribution in [3.05, 3.63) is 54.0 Å². The number of fused-ring (bicyclic) bond motifs is 1. The maximum absolute atomic E-state index is 11.3. The van der Waals surface area contributed by atoms with Gasteiger partial charge >= 0.3 is 0 Å². The Balaban J connectivity index is 1.45. The molecule has 3 aromatic heterocycles. The number of hydrogen-bond donors (Lipinski definition) is 3. The number of carbonyl (C=O) groups excluding carboxylic acids is 1. The smallest absolute Gasteiger partial charge is 0.221 e. The van der Waals surface area contributed by atoms with Gasteiger partial charge in [0.25, 0.3) is 0 Å². The van der Waals surface area contributed by atoms with E-state index in [9.17, 15) is 4.79 Å². The molecule has 1 amide bonds. The maximum atomic E-state index is 11.3. The van der Waals surface area contributed by atoms with Gasteiger partial charge in [-0.1, -0.05) is 11.8 Å². The molecule has 1 fully saturated rings. The standard InChI is InChI=1S/C23H26N8OS/c1-14(32)24-16-6-8-18(9-7-16)33-22-11-21-25-17(12-30(2)3)13-31(21)23(27-22)26-20-10-19(28-29-20)15-4-5-15/h6-11,13,15H,4-5,12H2,1-3H3,(H,24,32)(H2,26,27,28,29). The molecule has 4 aromatic rings. The van der Waals surface area contributed by atoms with E-state index in [0.29, 0.717) is 11.9 Å². The van der Waals surface area contributed by atoms with Crippen molar-refractivity contribution in [3.63, 3.8) is 0 Å². The fraction of sp³-hybridized carbons (Fsp3) is 0.304. The van der Waals surface area contributed by atoms with Gasteiger partial charge < -0.3 is 15.5 Å². The quantitative estimate of drug-likeness (QED) is 0.337. The molecule has 0 aliphatic heterocycles. The predicted octanol–water partition coefficient (Wildman–Crippen LogP) is 4.24. The summed E-state index contributed by atoms with van der Waals surface area (Å²) in [4.78, 5) is 24.0. The second-order valence-corrected chi connectivity index (χ2v) is 9.63. The average molecular weight is 463 g/mol. The molecular formula is C23H26N8OS. The Bertz CT molecular complexity index is 1290. The molecule has 170 valence electrons. The van der Waals surface area contributed by atoms with E-state index in [0.717, 1.165) is 45.0 Å². The number of nitrogens with one attached hydrogen (secondary N) is 3. The zero-order valence-electron chi connectivity index (χ0n) is 18.8. The van der Waals surface area contributed by atoms with Gasteiger partial charge in [-0.15, -0.1) is 0 Å². The Morgan fingerprint density at radius 1 is 1.21 bits per heavy atom. The lowest BCUT2D eigenvalue weighted by atomic mass is 10.3. The predicted molar refractivity (Wildman–Crippen MR) is 129 cm³/mol. The first-order chi connectivity index (χ1) is 15.9. The summed E-state index contributed by atoms with van der Waals surface area (Å²) in [5.74, 6) is 1.92. The van der Waals surface area contributed by atoms with Crippen LogP contribution in [-0.2, 0) is 11.3 Å². The van der Waals surface area contributed by atoms with Crippen molar-refractivity contribution in [3.8, 4) is 0 Å². The number of aromatic amines is 1. The van der Waals surface area contributed by atoms with Crippen LogP contribution in [0.25, 0.3) is 5.65 Å². The van der Waals surface area contributed by atoms with Crippen molar-refractivity contribution in [1.82, 2.24) is 29.5 Å². The highest BCUT2D eigenvalue weighted by Crippen LogP contribution is 2.39. The fourth-order valence-corrected chi connectivity index (χ4v) is 4.42. The van der Waals surface area contributed by atoms with Crippen LogP contribution in [-0.4, -0.2) is 49.5 Å². The van der Waals surface area contributed by atoms with Crippen LogP contribution < -0.4 is 10.6 Å². The highest BCUT2D eigenvalue weighted by Gasteiger charge is 2.25. The normalized spacial score (nSPS) is 13.6. The number of amides is 1. The molecule has 1 aliphatic rings. The second kappa shape index (κ2) is 8.87. The van der Waals surface area contributed by atoms with Gasteiger partial charge in [0.05, 0.1) is 5.69 Å². The number of nitrogens with zero attached hydrogens (tertiary/aromatic N) is 5. The summed E-state index contributed by atoms with van der Waals surface area (Å²) in [7, 11) is 4.05. The summed E-state index contributed by atoms with van der Waals surface area (Å²) in [6.07, 6.45) is 4.44. The first kappa shape index (κ1) is 21.5. The van der Waals surface area contributed by atoms with Crippen molar-refractivity contribution in [2.45, 2.75) is 42.1 Å². The summed E-state index contributed by atoms with van der Waals surface area (Å²) in [6, 6.07) is 11.7. The lowest BCUT2D eigenvalue weighted by Gasteiger charge is -2.09. The molecule has 5 rings (SSSR count). The Kier molecular flexibility index (Phi) is 5.77. The molecule has 1 saturated carbocycles. The number of aromatic nitrogens is 5. The minimum Gasteiger partial charge on any atom is -0.326 e. The van der Waals surface area contributed by atoms with Gasteiger partial charge in [-0.2, -0.15) is 5.10 Å². The van der Waals surface area contributed by atoms with Crippen molar-refractivity contribution in [1.29, 1.82) is 0 Å². The van der Waals surface area contributed by atoms with Crippen molar-refractivity contribution in [2.75, 3.05) is 24.7 Å². The largest absolute Gasteiger partial charge is 0.326 e. The number of carbonyl (C=O) groups is 1. The van der Waals surface area contributed by atoms with Crippen LogP contribution in [0.4, 0.5) is 17.5 Å². The number of imidazole rings is 1. The molecule has 0 unspecified atom stereocenters. The maximum Gasteiger partial charge on any atom is 0.221 e. The molecule has 10 heteroatoms. The Morgan fingerprint density at radius 3 is 2.70 bits per heavy atom. The molecular weight excluding hydrogens is 436 g/mol. The van der Waals surface area contributed by atoms with Gasteiger partial charge in [0.1, 0.15) is 10.7 Å². The number of anilines is 3. The van der Waals surface area contributed by atoms with Crippen LogP contribution >= 0.6 is 11.8 Å². The van der Waals surface area contributed by atoms with E-state index < -0.39 is 0 Å². The van der Waals surface area contributed by atoms with Gasteiger partial charge in [0, 0.05) is 54.0 Å². The summed E-state index contributed by atoms with van der Waals surface area (Å²) >= 11 is 1.54. The van der Waals surface area contributed by atoms with Gasteiger partial charge in [-0.05, 0) is 51.2 Å². The number of H-pyrrole nitrogens is 1. The zero-order chi connectivity index (χ0) is 22.9. The summed E-state index contributed by atoms with van der Waals surface area (Å²) in [5, 5.41) is 14.5. The highest BCUT2D eigenvalue weighted by atomic mass is 32.2. The third-order valence-corrected chi connectivity index (χ3v) is 6.14. The van der Waals surface area contributed by atoms with E-state index in [4.69, 9.17) is 9.97 Å². The van der Waals surface area contributed by atoms with Gasteiger partial charge in [0.15, 0.2) is 5.82 Å². The summed E-state index contributed by atoms with van der Waals surface area (Å²) in [6.45, 7) is 2.24. The fourth-order valence-electron chi connectivity index (χ4n) is 3.61. The molecule has 1 aromatic carbocycles. The number of hydrogen-bond acceptors (Lipinski definition) is 7. The molecule has 33 heavy (non-hydrogen) atoms. The van der Waals surface area contributed by atoms with E-state index in [-0.39, 0.29) is 5.91 Å². The van der Waals surface area contributed by atoms with Crippen LogP contribution in [0.2, 0.25) is 0 Å². The van der Waals surface area contributed by atoms with Crippen LogP contribution in [0.5, 0.6) is 0 Å². The van der Waals surface area contributed by atoms with Gasteiger partial charge in [-0.3, -0.25) is 14.3 Å². The second-order valence-electron chi connectivity index (χ2n) is 8.53. The van der Waals surface area contributed by atoms with Gasteiger partial charge in [0.2, 0.25) is 11.9 Å². The average Bonchev–Trinajstić information content (AvgIpc) is 3.36. The van der Waals surface area contributed by atoms with Crippen molar-refractivity contribution in [2.24, 2.45) is 0 Å². The van der Waals surface area contributed by atoms with E-state index in [1.807, 2.05) is 55.0 Å². The Morgan fingerprint density at radius 2 is 2.00 bits per heavy atom. The van der Waals surface area contributed by atoms with Crippen molar-refractivity contribution >= 4 is 40.8 Å². The first-order valence-electron chi connectivity index (χ1n) is 10.8. The number of benzene rings is 1. The van der Waals surface area contributed by atoms with E-state index in [1.54, 1.807) is 11.8 Å². The third kappa shape index (κ3) is 5.18. The van der Waals surface area contributed by atoms with Crippen LogP contribution in [0.15, 0.2) is 52.5 Å². The third-order valence-electron chi connectivity index (χ3n) is 5.21. The molecule has 0 atom stereocenters. The van der Waals surface area contributed by atoms with Crippen molar-refractivity contribution < 1.29 is 4.79 Å². The van der Waals surface area contributed by atoms with Crippen LogP contribution in [0.3, 0.4) is 0 Å². The zero-order valence-corrected chi connectivity index (χ0v) is 19.6. The van der Waals surface area contributed by atoms with E-state index in [2.05, 4.69) is 31.8 Å². The van der Waals surface area contributed by atoms with Gasteiger partial charge in [-0.25, -0.2) is 9.97 Å². The topological polar surface area (TPSA) is 103 Å². The molecule has 3 N–H and O–H groups in total. The summed E-state index contributed by atoms with van der Waals surface area (Å²) in [5.41, 5.74) is 3.72.